The maximum absolute atomic E-state index is 12.4. The molecule has 0 aliphatic carbocycles. The molecule has 2 aliphatic heterocycles. The second kappa shape index (κ2) is 8.48. The molecular formula is C21H33N3O3. The molecule has 6 heteroatoms. The smallest absolute Gasteiger partial charge is 0.222 e. The highest BCUT2D eigenvalue weighted by Crippen LogP contribution is 2.34. The van der Waals surface area contributed by atoms with Crippen LogP contribution in [0.25, 0.3) is 0 Å². The fourth-order valence-corrected chi connectivity index (χ4v) is 4.47. The largest absolute Gasteiger partial charge is 0.497 e. The maximum atomic E-state index is 12.4. The van der Waals surface area contributed by atoms with Gasteiger partial charge in [-0.3, -0.25) is 14.6 Å². The first-order valence-corrected chi connectivity index (χ1v) is 9.93. The monoisotopic (exact) mass is 375 g/mol. The molecule has 0 saturated carbocycles. The van der Waals surface area contributed by atoms with E-state index in [4.69, 9.17) is 9.47 Å². The fourth-order valence-electron chi connectivity index (χ4n) is 4.47. The van der Waals surface area contributed by atoms with E-state index in [1.807, 2.05) is 17.0 Å². The predicted molar refractivity (Wildman–Crippen MR) is 106 cm³/mol. The van der Waals surface area contributed by atoms with E-state index in [0.717, 1.165) is 63.6 Å². The van der Waals surface area contributed by atoms with Crippen LogP contribution in [0.15, 0.2) is 18.2 Å². The lowest BCUT2D eigenvalue weighted by Gasteiger charge is -2.49. The van der Waals surface area contributed by atoms with E-state index in [9.17, 15) is 4.79 Å². The van der Waals surface area contributed by atoms with E-state index in [1.54, 1.807) is 14.2 Å². The van der Waals surface area contributed by atoms with E-state index in [0.29, 0.717) is 12.3 Å². The number of likely N-dealkylation sites (tertiary alicyclic amines) is 1. The first-order valence-electron chi connectivity index (χ1n) is 9.93. The average Bonchev–Trinajstić information content (AvgIpc) is 2.84. The Bertz CT molecular complexity index is 666. The van der Waals surface area contributed by atoms with E-state index in [2.05, 4.69) is 29.8 Å². The Balaban J connectivity index is 1.75. The summed E-state index contributed by atoms with van der Waals surface area (Å²) in [4.78, 5) is 19.4. The number of amides is 1. The van der Waals surface area contributed by atoms with Gasteiger partial charge in [-0.25, -0.2) is 0 Å². The summed E-state index contributed by atoms with van der Waals surface area (Å²) < 4.78 is 10.9. The first-order chi connectivity index (χ1) is 13.0. The number of methoxy groups -OCH3 is 2. The van der Waals surface area contributed by atoms with Crippen molar-refractivity contribution >= 4 is 5.91 Å². The first kappa shape index (κ1) is 20.0. The molecule has 3 rings (SSSR count). The van der Waals surface area contributed by atoms with Crippen LogP contribution in [0.1, 0.15) is 31.7 Å². The molecule has 2 heterocycles. The van der Waals surface area contributed by atoms with E-state index in [1.165, 1.54) is 5.56 Å². The summed E-state index contributed by atoms with van der Waals surface area (Å²) in [5, 5.41) is 0. The maximum Gasteiger partial charge on any atom is 0.222 e. The number of rotatable bonds is 5. The summed E-state index contributed by atoms with van der Waals surface area (Å²) in [6.07, 6.45) is 2.63. The van der Waals surface area contributed by atoms with Gasteiger partial charge in [0, 0.05) is 62.9 Å². The molecular weight excluding hydrogens is 342 g/mol. The Morgan fingerprint density at radius 3 is 2.63 bits per heavy atom. The highest BCUT2D eigenvalue weighted by atomic mass is 16.5. The third kappa shape index (κ3) is 4.22. The number of piperazine rings is 1. The number of carbonyl (C=O) groups excluding carboxylic acids is 1. The minimum absolute atomic E-state index is 0.0809. The van der Waals surface area contributed by atoms with Crippen molar-refractivity contribution in [1.82, 2.24) is 14.7 Å². The second-order valence-electron chi connectivity index (χ2n) is 7.76. The molecule has 0 radical (unpaired) electrons. The summed E-state index contributed by atoms with van der Waals surface area (Å²) in [7, 11) is 5.60. The van der Waals surface area contributed by atoms with Gasteiger partial charge in [0.2, 0.25) is 5.91 Å². The zero-order chi connectivity index (χ0) is 19.4. The van der Waals surface area contributed by atoms with Crippen LogP contribution in [-0.2, 0) is 11.3 Å². The zero-order valence-electron chi connectivity index (χ0n) is 17.2. The van der Waals surface area contributed by atoms with Crippen LogP contribution in [-0.4, -0.2) is 80.1 Å². The van der Waals surface area contributed by atoms with Crippen molar-refractivity contribution in [3.8, 4) is 11.5 Å². The van der Waals surface area contributed by atoms with Crippen LogP contribution < -0.4 is 9.47 Å². The molecule has 27 heavy (non-hydrogen) atoms. The number of benzene rings is 1. The zero-order valence-corrected chi connectivity index (χ0v) is 17.2. The average molecular weight is 376 g/mol. The molecule has 0 aromatic heterocycles. The second-order valence-corrected chi connectivity index (χ2v) is 7.76. The van der Waals surface area contributed by atoms with Gasteiger partial charge in [-0.15, -0.1) is 0 Å². The molecule has 1 spiro atoms. The van der Waals surface area contributed by atoms with E-state index < -0.39 is 0 Å². The molecule has 2 fully saturated rings. The van der Waals surface area contributed by atoms with Crippen LogP contribution >= 0.6 is 0 Å². The fraction of sp³-hybridized carbons (Fsp3) is 0.667. The number of likely N-dealkylation sites (N-methyl/N-ethyl adjacent to an activating group) is 1. The van der Waals surface area contributed by atoms with Crippen molar-refractivity contribution in [2.45, 2.75) is 38.3 Å². The van der Waals surface area contributed by atoms with Crippen LogP contribution in [0.2, 0.25) is 0 Å². The van der Waals surface area contributed by atoms with Gasteiger partial charge in [0.25, 0.3) is 0 Å². The Morgan fingerprint density at radius 1 is 1.11 bits per heavy atom. The molecule has 0 N–H and O–H groups in total. The van der Waals surface area contributed by atoms with E-state index in [-0.39, 0.29) is 5.54 Å². The predicted octanol–water partition coefficient (Wildman–Crippen LogP) is 2.22. The minimum atomic E-state index is 0.0809. The van der Waals surface area contributed by atoms with Crippen LogP contribution in [0, 0.1) is 0 Å². The molecule has 2 saturated heterocycles. The third-order valence-electron chi connectivity index (χ3n) is 6.35. The van der Waals surface area contributed by atoms with Gasteiger partial charge < -0.3 is 14.4 Å². The molecule has 150 valence electrons. The van der Waals surface area contributed by atoms with Crippen molar-refractivity contribution in [3.05, 3.63) is 23.8 Å². The molecule has 0 bridgehead atoms. The van der Waals surface area contributed by atoms with Crippen LogP contribution in [0.3, 0.4) is 0 Å². The Hall–Kier alpha value is -1.79. The van der Waals surface area contributed by atoms with Gasteiger partial charge in [-0.1, -0.05) is 6.07 Å². The molecule has 1 aromatic rings. The number of nitrogens with zero attached hydrogens (tertiary/aromatic N) is 3. The lowest BCUT2D eigenvalue weighted by Crippen LogP contribution is -2.60. The molecule has 1 atom stereocenters. The molecule has 2 aliphatic rings. The third-order valence-corrected chi connectivity index (χ3v) is 6.35. The Labute approximate surface area is 163 Å². The van der Waals surface area contributed by atoms with Crippen molar-refractivity contribution in [2.75, 3.05) is 54.0 Å². The number of ether oxygens (including phenoxy) is 2. The minimum Gasteiger partial charge on any atom is -0.497 e. The highest BCUT2D eigenvalue weighted by Gasteiger charge is 2.42. The van der Waals surface area contributed by atoms with Crippen LogP contribution in [0.4, 0.5) is 0 Å². The number of carbonyl (C=O) groups is 1. The van der Waals surface area contributed by atoms with Crippen molar-refractivity contribution in [3.63, 3.8) is 0 Å². The lowest BCUT2D eigenvalue weighted by molar-refractivity contribution is -0.130. The standard InChI is InChI=1S/C21H33N3O3/c1-5-24-11-10-21(9-8-20(24)25)16-23(13-12-22(21)2)15-17-6-7-18(26-3)14-19(17)27-4/h6-7,14H,5,8-13,15-16H2,1-4H3. The van der Waals surface area contributed by atoms with Gasteiger partial charge >= 0.3 is 0 Å². The Kier molecular flexibility index (Phi) is 6.27. The van der Waals surface area contributed by atoms with Crippen molar-refractivity contribution in [1.29, 1.82) is 0 Å². The van der Waals surface area contributed by atoms with Crippen LogP contribution in [0.5, 0.6) is 11.5 Å². The highest BCUT2D eigenvalue weighted by molar-refractivity contribution is 5.76. The summed E-state index contributed by atoms with van der Waals surface area (Å²) in [5.74, 6) is 1.99. The Morgan fingerprint density at radius 2 is 1.93 bits per heavy atom. The topological polar surface area (TPSA) is 45.3 Å². The SMILES string of the molecule is CCN1CCC2(CCC1=O)CN(Cc1ccc(OC)cc1OC)CCN2C. The van der Waals surface area contributed by atoms with Gasteiger partial charge in [0.05, 0.1) is 14.2 Å². The summed E-state index contributed by atoms with van der Waals surface area (Å²) >= 11 is 0. The summed E-state index contributed by atoms with van der Waals surface area (Å²) in [5.41, 5.74) is 1.26. The number of hydrogen-bond donors (Lipinski definition) is 0. The number of hydrogen-bond acceptors (Lipinski definition) is 5. The quantitative estimate of drug-likeness (QED) is 0.790. The molecule has 1 unspecified atom stereocenters. The molecule has 6 nitrogen and oxygen atoms in total. The molecule has 1 aromatic carbocycles. The summed E-state index contributed by atoms with van der Waals surface area (Å²) in [6, 6.07) is 6.04. The molecule has 1 amide bonds. The van der Waals surface area contributed by atoms with Gasteiger partial charge in [0.15, 0.2) is 0 Å². The van der Waals surface area contributed by atoms with Crippen molar-refractivity contribution in [2.24, 2.45) is 0 Å². The van der Waals surface area contributed by atoms with E-state index >= 15 is 0 Å². The van der Waals surface area contributed by atoms with Gasteiger partial charge in [-0.2, -0.15) is 0 Å². The van der Waals surface area contributed by atoms with Gasteiger partial charge in [-0.05, 0) is 32.9 Å². The summed E-state index contributed by atoms with van der Waals surface area (Å²) in [6.45, 7) is 7.64. The normalized spacial score (nSPS) is 24.9. The lowest BCUT2D eigenvalue weighted by atomic mass is 9.86. The van der Waals surface area contributed by atoms with Crippen molar-refractivity contribution < 1.29 is 14.3 Å². The van der Waals surface area contributed by atoms with Gasteiger partial charge in [0.1, 0.15) is 11.5 Å².